The van der Waals surface area contributed by atoms with Crippen molar-refractivity contribution in [1.82, 2.24) is 0 Å². The largest absolute Gasteiger partial charge is 0.215 e. The fraction of sp³-hybridized carbons (Fsp3) is 0.389. The average molecular weight is 258 g/mol. The molecule has 1 aromatic carbocycles. The maximum absolute atomic E-state index is 8.24. The fourth-order valence-corrected chi connectivity index (χ4v) is 2.43. The van der Waals surface area contributed by atoms with E-state index in [-0.39, 0.29) is 0 Å². The summed E-state index contributed by atoms with van der Waals surface area (Å²) >= 11 is 0. The van der Waals surface area contributed by atoms with Crippen LogP contribution in [0.4, 0.5) is 0 Å². The van der Waals surface area contributed by atoms with Gasteiger partial charge in [0.1, 0.15) is 7.05 Å². The van der Waals surface area contributed by atoms with E-state index in [2.05, 4.69) is 24.5 Å². The Morgan fingerprint density at radius 1 is 1.16 bits per heavy atom. The van der Waals surface area contributed by atoms with E-state index in [4.69, 9.17) is 5.48 Å². The predicted molar refractivity (Wildman–Crippen MR) is 81.4 cm³/mol. The highest BCUT2D eigenvalue weighted by Crippen LogP contribution is 2.27. The molecule has 0 radical (unpaired) electrons. The van der Waals surface area contributed by atoms with Crippen LogP contribution < -0.4 is 4.57 Å². The zero-order valence-electron chi connectivity index (χ0n) is 16.3. The third kappa shape index (κ3) is 2.56. The molecule has 1 nitrogen and oxygen atoms in total. The van der Waals surface area contributed by atoms with Crippen molar-refractivity contribution in [1.29, 1.82) is 0 Å². The van der Waals surface area contributed by atoms with Gasteiger partial charge < -0.3 is 0 Å². The maximum Gasteiger partial charge on any atom is 0.215 e. The standard InChI is InChI=1S/C18H24N/c1-12(2)16-7-8-17(14(4)11-16)18-15(5)13(3)9-10-19(18)6/h7-12H,1-6H3/q+1/i1D3,12D. The van der Waals surface area contributed by atoms with Gasteiger partial charge in [-0.05, 0) is 49.4 Å². The molecule has 0 bridgehead atoms. The van der Waals surface area contributed by atoms with E-state index in [0.29, 0.717) is 5.56 Å². The third-order valence-electron chi connectivity index (χ3n) is 3.76. The second kappa shape index (κ2) is 5.16. The number of rotatable bonds is 2. The highest BCUT2D eigenvalue weighted by molar-refractivity contribution is 5.65. The fourth-order valence-electron chi connectivity index (χ4n) is 2.43. The normalized spacial score (nSPS) is 17.9. The molecule has 0 aliphatic heterocycles. The average Bonchev–Trinajstić information content (AvgIpc) is 2.43. The smallest absolute Gasteiger partial charge is 0.201 e. The minimum absolute atomic E-state index is 0.520. The number of aromatic nitrogens is 1. The van der Waals surface area contributed by atoms with Crippen molar-refractivity contribution in [2.45, 2.75) is 40.4 Å². The Labute approximate surface area is 122 Å². The molecular formula is C18H24N+. The number of nitrogens with zero attached hydrogens (tertiary/aromatic N) is 1. The van der Waals surface area contributed by atoms with E-state index in [0.717, 1.165) is 16.8 Å². The Bertz CT molecular complexity index is 745. The molecule has 0 aliphatic carbocycles. The van der Waals surface area contributed by atoms with Crippen LogP contribution in [0.2, 0.25) is 0 Å². The Hall–Kier alpha value is -1.63. The maximum atomic E-state index is 8.24. The van der Waals surface area contributed by atoms with Crippen LogP contribution in [0.3, 0.4) is 0 Å². The lowest BCUT2D eigenvalue weighted by Gasteiger charge is -2.12. The van der Waals surface area contributed by atoms with Gasteiger partial charge in [0.05, 0.1) is 0 Å². The quantitative estimate of drug-likeness (QED) is 0.710. The summed E-state index contributed by atoms with van der Waals surface area (Å²) < 4.78 is 33.1. The van der Waals surface area contributed by atoms with Crippen LogP contribution in [-0.2, 0) is 7.05 Å². The van der Waals surface area contributed by atoms with E-state index in [1.54, 1.807) is 6.07 Å². The summed E-state index contributed by atoms with van der Waals surface area (Å²) in [6.45, 7) is 5.24. The van der Waals surface area contributed by atoms with Gasteiger partial charge >= 0.3 is 0 Å². The molecular weight excluding hydrogens is 230 g/mol. The Kier molecular flexibility index (Phi) is 2.53. The van der Waals surface area contributed by atoms with Crippen molar-refractivity contribution in [3.05, 3.63) is 52.7 Å². The minimum atomic E-state index is -2.36. The second-order valence-electron chi connectivity index (χ2n) is 5.24. The Balaban J connectivity index is 2.61. The first-order chi connectivity index (χ1) is 10.5. The zero-order chi connectivity index (χ0) is 17.6. The molecule has 1 aromatic heterocycles. The molecule has 2 rings (SSSR count). The second-order valence-corrected chi connectivity index (χ2v) is 5.24. The molecule has 2 aromatic rings. The highest BCUT2D eigenvalue weighted by atomic mass is 14.9. The molecule has 19 heavy (non-hydrogen) atoms. The summed E-state index contributed by atoms with van der Waals surface area (Å²) in [5.41, 5.74) is 6.11. The molecule has 0 saturated carbocycles. The van der Waals surface area contributed by atoms with Gasteiger partial charge in [-0.2, -0.15) is 0 Å². The molecule has 0 saturated heterocycles. The Morgan fingerprint density at radius 2 is 1.89 bits per heavy atom. The van der Waals surface area contributed by atoms with Gasteiger partial charge in [-0.3, -0.25) is 0 Å². The molecule has 1 heterocycles. The van der Waals surface area contributed by atoms with Crippen molar-refractivity contribution < 1.29 is 10.1 Å². The van der Waals surface area contributed by atoms with Crippen LogP contribution in [0.15, 0.2) is 30.5 Å². The first-order valence-corrected chi connectivity index (χ1v) is 6.54. The van der Waals surface area contributed by atoms with Crippen LogP contribution in [0.25, 0.3) is 11.3 Å². The van der Waals surface area contributed by atoms with Gasteiger partial charge in [0.15, 0.2) is 6.20 Å². The van der Waals surface area contributed by atoms with E-state index in [1.165, 1.54) is 18.1 Å². The number of hydrogen-bond acceptors (Lipinski definition) is 0. The van der Waals surface area contributed by atoms with Crippen molar-refractivity contribution in [2.24, 2.45) is 7.05 Å². The van der Waals surface area contributed by atoms with Crippen LogP contribution in [0, 0.1) is 20.8 Å². The summed E-state index contributed by atoms with van der Waals surface area (Å²) in [6.07, 6.45) is 2.03. The van der Waals surface area contributed by atoms with Crippen molar-refractivity contribution in [3.8, 4) is 11.3 Å². The molecule has 1 atom stereocenters. The summed E-state index contributed by atoms with van der Waals surface area (Å²) in [6, 6.07) is 7.61. The minimum Gasteiger partial charge on any atom is -0.201 e. The molecule has 100 valence electrons. The number of pyridine rings is 1. The first kappa shape index (κ1) is 9.30. The van der Waals surface area contributed by atoms with Gasteiger partial charge in [0.25, 0.3) is 0 Å². The van der Waals surface area contributed by atoms with Gasteiger partial charge in [-0.25, -0.2) is 4.57 Å². The van der Waals surface area contributed by atoms with Crippen molar-refractivity contribution in [3.63, 3.8) is 0 Å². The molecule has 0 spiro atoms. The van der Waals surface area contributed by atoms with Crippen LogP contribution in [0.1, 0.15) is 47.4 Å². The molecule has 0 aliphatic rings. The van der Waals surface area contributed by atoms with Crippen LogP contribution in [0.5, 0.6) is 0 Å². The number of benzene rings is 1. The molecule has 0 N–H and O–H groups in total. The lowest BCUT2D eigenvalue weighted by atomic mass is 9.94. The zero-order valence-corrected chi connectivity index (χ0v) is 12.3. The van der Waals surface area contributed by atoms with Gasteiger partial charge in [-0.1, -0.05) is 25.9 Å². The number of aryl methyl sites for hydroxylation is 3. The predicted octanol–water partition coefficient (Wildman–Crippen LogP) is 4.23. The lowest BCUT2D eigenvalue weighted by Crippen LogP contribution is -2.32. The molecule has 0 amide bonds. The summed E-state index contributed by atoms with van der Waals surface area (Å²) in [5.74, 6) is -1.61. The van der Waals surface area contributed by atoms with E-state index in [9.17, 15) is 0 Å². The van der Waals surface area contributed by atoms with Crippen LogP contribution >= 0.6 is 0 Å². The van der Waals surface area contributed by atoms with E-state index >= 15 is 0 Å². The topological polar surface area (TPSA) is 3.88 Å². The van der Waals surface area contributed by atoms with Gasteiger partial charge in [-0.15, -0.1) is 0 Å². The van der Waals surface area contributed by atoms with Gasteiger partial charge in [0.2, 0.25) is 5.69 Å². The van der Waals surface area contributed by atoms with E-state index in [1.807, 2.05) is 32.3 Å². The third-order valence-corrected chi connectivity index (χ3v) is 3.76. The molecule has 1 heteroatoms. The Morgan fingerprint density at radius 3 is 2.53 bits per heavy atom. The van der Waals surface area contributed by atoms with E-state index < -0.39 is 12.7 Å². The monoisotopic (exact) mass is 258 g/mol. The lowest BCUT2D eigenvalue weighted by molar-refractivity contribution is -0.660. The SMILES string of the molecule is [2H]C([2H])([2H])C([2H])(C)c1ccc(-c2c(C)c(C)cc[n+]2C)c(C)c1. The first-order valence-electron chi connectivity index (χ1n) is 8.54. The molecule has 1 unspecified atom stereocenters. The summed E-state index contributed by atoms with van der Waals surface area (Å²) in [7, 11) is 2.01. The highest BCUT2D eigenvalue weighted by Gasteiger charge is 2.17. The van der Waals surface area contributed by atoms with Crippen LogP contribution in [-0.4, -0.2) is 0 Å². The van der Waals surface area contributed by atoms with Crippen molar-refractivity contribution >= 4 is 0 Å². The molecule has 0 fully saturated rings. The van der Waals surface area contributed by atoms with Crippen molar-refractivity contribution in [2.75, 3.05) is 0 Å². The summed E-state index contributed by atoms with van der Waals surface area (Å²) in [5, 5.41) is 0. The summed E-state index contributed by atoms with van der Waals surface area (Å²) in [4.78, 5) is 0. The number of hydrogen-bond donors (Lipinski definition) is 0. The van der Waals surface area contributed by atoms with Gasteiger partial charge in [0, 0.05) is 22.7 Å².